The molecule has 1 aromatic carbocycles. The number of aliphatic hydroxyl groups is 1. The largest absolute Gasteiger partial charge is 0.480 e. The van der Waals surface area contributed by atoms with Gasteiger partial charge in [-0.05, 0) is 6.07 Å². The van der Waals surface area contributed by atoms with Crippen molar-refractivity contribution in [3.63, 3.8) is 0 Å². The highest BCUT2D eigenvalue weighted by atomic mass is 16.4. The molecular weight excluding hydrogens is 208 g/mol. The van der Waals surface area contributed by atoms with Gasteiger partial charge in [0, 0.05) is 16.5 Å². The van der Waals surface area contributed by atoms with Crippen molar-refractivity contribution in [3.8, 4) is 0 Å². The highest BCUT2D eigenvalue weighted by molar-refractivity contribution is 5.94. The Bertz CT molecular complexity index is 576. The Morgan fingerprint density at radius 2 is 2.06 bits per heavy atom. The zero-order valence-electron chi connectivity index (χ0n) is 8.27. The highest BCUT2D eigenvalue weighted by Crippen LogP contribution is 2.39. The average Bonchev–Trinajstić information content (AvgIpc) is 2.75. The number of carboxylic acids is 1. The van der Waals surface area contributed by atoms with Gasteiger partial charge in [0.15, 0.2) is 6.04 Å². The molecule has 4 N–H and O–H groups in total. The van der Waals surface area contributed by atoms with E-state index in [1.165, 1.54) is 0 Å². The number of aliphatic carboxylic acids is 1. The van der Waals surface area contributed by atoms with Gasteiger partial charge in [-0.3, -0.25) is 0 Å². The van der Waals surface area contributed by atoms with Crippen molar-refractivity contribution in [2.24, 2.45) is 0 Å². The summed E-state index contributed by atoms with van der Waals surface area (Å²) in [6.07, 6.45) is -1.01. The van der Waals surface area contributed by atoms with Crippen molar-refractivity contribution < 1.29 is 15.0 Å². The summed E-state index contributed by atoms with van der Waals surface area (Å²) in [6, 6.07) is 6.52. The van der Waals surface area contributed by atoms with Crippen molar-refractivity contribution in [1.82, 2.24) is 4.98 Å². The van der Waals surface area contributed by atoms with Crippen molar-refractivity contribution in [3.05, 3.63) is 29.8 Å². The molecule has 1 aliphatic heterocycles. The first-order valence-corrected chi connectivity index (χ1v) is 4.96. The highest BCUT2D eigenvalue weighted by Gasteiger charge is 2.38. The summed E-state index contributed by atoms with van der Waals surface area (Å²) < 4.78 is 0. The summed E-state index contributed by atoms with van der Waals surface area (Å²) in [5.74, 6) is -0.456. The third-order valence-electron chi connectivity index (χ3n) is 2.92. The van der Waals surface area contributed by atoms with Crippen LogP contribution in [0, 0.1) is 0 Å². The van der Waals surface area contributed by atoms with Crippen LogP contribution >= 0.6 is 0 Å². The van der Waals surface area contributed by atoms with Gasteiger partial charge in [0.1, 0.15) is 11.9 Å². The summed E-state index contributed by atoms with van der Waals surface area (Å²) >= 11 is 0. The third kappa shape index (κ3) is 1.06. The molecule has 1 aromatic heterocycles. The van der Waals surface area contributed by atoms with Crippen LogP contribution in [0.1, 0.15) is 11.7 Å². The Labute approximate surface area is 90.7 Å². The van der Waals surface area contributed by atoms with Crippen molar-refractivity contribution in [2.45, 2.75) is 12.1 Å². The molecule has 16 heavy (non-hydrogen) atoms. The quantitative estimate of drug-likeness (QED) is 0.577. The molecule has 0 spiro atoms. The zero-order valence-corrected chi connectivity index (χ0v) is 8.27. The molecule has 2 atom stereocenters. The van der Waals surface area contributed by atoms with Crippen LogP contribution in [-0.2, 0) is 4.79 Å². The van der Waals surface area contributed by atoms with Crippen molar-refractivity contribution in [2.75, 3.05) is 5.32 Å². The van der Waals surface area contributed by atoms with E-state index in [0.717, 1.165) is 10.9 Å². The molecule has 1 unspecified atom stereocenters. The van der Waals surface area contributed by atoms with Crippen LogP contribution in [0.3, 0.4) is 0 Å². The van der Waals surface area contributed by atoms with E-state index in [1.54, 1.807) is 0 Å². The summed E-state index contributed by atoms with van der Waals surface area (Å²) in [7, 11) is 0. The van der Waals surface area contributed by atoms with Crippen LogP contribution in [0.25, 0.3) is 10.9 Å². The van der Waals surface area contributed by atoms with Gasteiger partial charge in [0.25, 0.3) is 0 Å². The van der Waals surface area contributed by atoms with Crippen molar-refractivity contribution >= 4 is 22.7 Å². The number of hydrogen-bond donors (Lipinski definition) is 4. The Hall–Kier alpha value is -2.01. The maximum absolute atomic E-state index is 10.9. The van der Waals surface area contributed by atoms with Crippen LogP contribution in [0.4, 0.5) is 5.82 Å². The fourth-order valence-electron chi connectivity index (χ4n) is 2.18. The summed E-state index contributed by atoms with van der Waals surface area (Å²) in [6.45, 7) is 0. The van der Waals surface area contributed by atoms with Crippen LogP contribution in [-0.4, -0.2) is 27.2 Å². The van der Waals surface area contributed by atoms with Crippen LogP contribution in [0.2, 0.25) is 0 Å². The fourth-order valence-corrected chi connectivity index (χ4v) is 2.18. The van der Waals surface area contributed by atoms with Gasteiger partial charge < -0.3 is 20.5 Å². The number of nitrogens with one attached hydrogen (secondary N) is 2. The number of fused-ring (bicyclic) bond motifs is 3. The Morgan fingerprint density at radius 3 is 2.81 bits per heavy atom. The Morgan fingerprint density at radius 1 is 1.31 bits per heavy atom. The molecule has 0 saturated carbocycles. The number of aliphatic hydroxyl groups excluding tert-OH is 1. The number of para-hydroxylation sites is 1. The minimum atomic E-state index is -1.05. The van der Waals surface area contributed by atoms with E-state index in [0.29, 0.717) is 11.4 Å². The number of benzene rings is 1. The van der Waals surface area contributed by atoms with Crippen LogP contribution in [0.5, 0.6) is 0 Å². The van der Waals surface area contributed by atoms with Gasteiger partial charge in [-0.1, -0.05) is 18.2 Å². The van der Waals surface area contributed by atoms with Crippen LogP contribution < -0.4 is 5.32 Å². The molecule has 2 heterocycles. The molecule has 2 aromatic rings. The first-order chi connectivity index (χ1) is 7.68. The minimum Gasteiger partial charge on any atom is -0.480 e. The van der Waals surface area contributed by atoms with Gasteiger partial charge in [-0.25, -0.2) is 4.79 Å². The molecule has 0 aliphatic carbocycles. The predicted molar refractivity (Wildman–Crippen MR) is 58.3 cm³/mol. The molecule has 0 fully saturated rings. The number of anilines is 1. The Kier molecular flexibility index (Phi) is 1.73. The molecule has 0 amide bonds. The third-order valence-corrected chi connectivity index (χ3v) is 2.92. The number of rotatable bonds is 1. The molecule has 0 bridgehead atoms. The van der Waals surface area contributed by atoms with E-state index in [2.05, 4.69) is 10.3 Å². The molecule has 0 saturated heterocycles. The standard InChI is InChI=1S/C11H10N2O3/c14-9-7-5-3-1-2-4-6(5)12-10(7)13-8(9)11(15)16/h1-4,8-9,12-14H,(H,15,16)/t8?,9-/m0/s1. The lowest BCUT2D eigenvalue weighted by atomic mass is 10.1. The summed E-state index contributed by atoms with van der Waals surface area (Å²) in [5, 5.41) is 22.5. The normalized spacial score (nSPS) is 23.1. The number of aromatic nitrogens is 1. The van der Waals surface area contributed by atoms with Gasteiger partial charge in [-0.15, -0.1) is 0 Å². The maximum atomic E-state index is 10.9. The number of carbonyl (C=O) groups is 1. The Balaban J connectivity index is 2.19. The molecule has 3 rings (SSSR count). The second kappa shape index (κ2) is 2.99. The SMILES string of the molecule is O=C(O)C1Nc2[nH]c3ccccc3c2[C@@H]1O. The second-order valence-electron chi connectivity index (χ2n) is 3.86. The monoisotopic (exact) mass is 218 g/mol. The first-order valence-electron chi connectivity index (χ1n) is 4.96. The molecular formula is C11H10N2O3. The number of carboxylic acid groups (broad SMARTS) is 1. The van der Waals surface area contributed by atoms with Crippen LogP contribution in [0.15, 0.2) is 24.3 Å². The van der Waals surface area contributed by atoms with E-state index >= 15 is 0 Å². The van der Waals surface area contributed by atoms with E-state index in [4.69, 9.17) is 5.11 Å². The van der Waals surface area contributed by atoms with Crippen molar-refractivity contribution in [1.29, 1.82) is 0 Å². The lowest BCUT2D eigenvalue weighted by Gasteiger charge is -2.10. The molecule has 1 aliphatic rings. The summed E-state index contributed by atoms with van der Waals surface area (Å²) in [4.78, 5) is 13.9. The average molecular weight is 218 g/mol. The number of hydrogen-bond acceptors (Lipinski definition) is 3. The first kappa shape index (κ1) is 9.23. The molecule has 5 nitrogen and oxygen atoms in total. The molecule has 0 radical (unpaired) electrons. The van der Waals surface area contributed by atoms with Gasteiger partial charge in [0.2, 0.25) is 0 Å². The number of aromatic amines is 1. The smallest absolute Gasteiger partial charge is 0.329 e. The maximum Gasteiger partial charge on any atom is 0.329 e. The lowest BCUT2D eigenvalue weighted by Crippen LogP contribution is -2.30. The van der Waals surface area contributed by atoms with E-state index in [1.807, 2.05) is 24.3 Å². The van der Waals surface area contributed by atoms with Gasteiger partial charge in [-0.2, -0.15) is 0 Å². The van der Waals surface area contributed by atoms with E-state index in [-0.39, 0.29) is 0 Å². The molecule has 82 valence electrons. The van der Waals surface area contributed by atoms with E-state index < -0.39 is 18.1 Å². The van der Waals surface area contributed by atoms with E-state index in [9.17, 15) is 9.90 Å². The summed E-state index contributed by atoms with van der Waals surface area (Å²) in [5.41, 5.74) is 1.53. The molecule has 5 heteroatoms. The van der Waals surface area contributed by atoms with Gasteiger partial charge >= 0.3 is 5.97 Å². The zero-order chi connectivity index (χ0) is 11.3. The lowest BCUT2D eigenvalue weighted by molar-refractivity contribution is -0.140. The number of H-pyrrole nitrogens is 1. The van der Waals surface area contributed by atoms with Gasteiger partial charge in [0.05, 0.1) is 0 Å². The fraction of sp³-hybridized carbons (Fsp3) is 0.182. The topological polar surface area (TPSA) is 85.4 Å². The second-order valence-corrected chi connectivity index (χ2v) is 3.86. The minimum absolute atomic E-state index is 0.598. The predicted octanol–water partition coefficient (Wildman–Crippen LogP) is 1.08.